The summed E-state index contributed by atoms with van der Waals surface area (Å²) in [5.74, 6) is 3.72. The number of nitrogens with two attached hydrogens (primary N) is 1. The molecule has 0 saturated carbocycles. The minimum Gasteiger partial charge on any atom is -0.227 e. The van der Waals surface area contributed by atoms with E-state index in [1.807, 2.05) is 0 Å². The molecule has 3 N–H and O–H groups in total. The van der Waals surface area contributed by atoms with Crippen LogP contribution in [0.15, 0.2) is 29.4 Å². The number of rotatable bonds is 1. The normalized spacial score (nSPS) is 14.9. The lowest BCUT2D eigenvalue weighted by Crippen LogP contribution is -2.40. The Morgan fingerprint density at radius 2 is 2.07 bits per heavy atom. The van der Waals surface area contributed by atoms with Gasteiger partial charge in [0.1, 0.15) is 0 Å². The highest BCUT2D eigenvalue weighted by Gasteiger charge is 2.12. The number of halogens is 2. The molecule has 0 aromatic heterocycles. The van der Waals surface area contributed by atoms with Gasteiger partial charge in [0.2, 0.25) is 0 Å². The number of hydrazine groups is 2. The molecule has 0 fully saturated rings. The third-order valence-electron chi connectivity index (χ3n) is 1.95. The standard InChI is InChI=1S/C9H8F2N4/c10-7-2-1-6(5-8(7)11)9-3-4-13-14-15(9)12/h1-5,14H,12H2. The topological polar surface area (TPSA) is 53.6 Å². The molecule has 1 aromatic rings. The van der Waals surface area contributed by atoms with E-state index in [2.05, 4.69) is 10.6 Å². The second-order valence-electron chi connectivity index (χ2n) is 2.93. The Balaban J connectivity index is 2.41. The molecule has 0 unspecified atom stereocenters. The van der Waals surface area contributed by atoms with Crippen molar-refractivity contribution in [3.8, 4) is 0 Å². The Morgan fingerprint density at radius 1 is 1.27 bits per heavy atom. The van der Waals surface area contributed by atoms with Crippen LogP contribution in [0.4, 0.5) is 8.78 Å². The summed E-state index contributed by atoms with van der Waals surface area (Å²) in [6.07, 6.45) is 3.06. The van der Waals surface area contributed by atoms with Crippen LogP contribution in [0.3, 0.4) is 0 Å². The predicted octanol–water partition coefficient (Wildman–Crippen LogP) is 0.985. The molecule has 15 heavy (non-hydrogen) atoms. The summed E-state index contributed by atoms with van der Waals surface area (Å²) in [5.41, 5.74) is 3.43. The van der Waals surface area contributed by atoms with Gasteiger partial charge in [-0.2, -0.15) is 5.10 Å². The highest BCUT2D eigenvalue weighted by molar-refractivity contribution is 5.84. The van der Waals surface area contributed by atoms with Crippen LogP contribution in [-0.4, -0.2) is 11.3 Å². The first-order valence-corrected chi connectivity index (χ1v) is 4.18. The number of hydrogen-bond donors (Lipinski definition) is 2. The molecule has 0 spiro atoms. The van der Waals surface area contributed by atoms with E-state index < -0.39 is 11.6 Å². The summed E-state index contributed by atoms with van der Waals surface area (Å²) < 4.78 is 25.6. The van der Waals surface area contributed by atoms with E-state index >= 15 is 0 Å². The summed E-state index contributed by atoms with van der Waals surface area (Å²) >= 11 is 0. The van der Waals surface area contributed by atoms with Gasteiger partial charge < -0.3 is 0 Å². The number of hydrazone groups is 1. The number of benzene rings is 1. The first-order chi connectivity index (χ1) is 7.18. The lowest BCUT2D eigenvalue weighted by Gasteiger charge is -2.22. The molecule has 0 aliphatic carbocycles. The van der Waals surface area contributed by atoms with Crippen LogP contribution in [-0.2, 0) is 0 Å². The molecule has 4 nitrogen and oxygen atoms in total. The van der Waals surface area contributed by atoms with Crippen LogP contribution >= 0.6 is 0 Å². The molecule has 2 rings (SSSR count). The average molecular weight is 210 g/mol. The smallest absolute Gasteiger partial charge is 0.159 e. The van der Waals surface area contributed by atoms with Gasteiger partial charge in [0, 0.05) is 5.56 Å². The van der Waals surface area contributed by atoms with E-state index in [1.54, 1.807) is 6.08 Å². The highest BCUT2D eigenvalue weighted by atomic mass is 19.2. The maximum Gasteiger partial charge on any atom is 0.159 e. The van der Waals surface area contributed by atoms with E-state index in [9.17, 15) is 8.78 Å². The maximum atomic E-state index is 12.9. The van der Waals surface area contributed by atoms with Crippen molar-refractivity contribution < 1.29 is 8.78 Å². The first-order valence-electron chi connectivity index (χ1n) is 4.18. The zero-order valence-corrected chi connectivity index (χ0v) is 7.61. The molecule has 78 valence electrons. The molecule has 0 amide bonds. The number of hydrogen-bond acceptors (Lipinski definition) is 4. The van der Waals surface area contributed by atoms with Crippen molar-refractivity contribution in [2.45, 2.75) is 0 Å². The number of nitrogens with zero attached hydrogens (tertiary/aromatic N) is 2. The second kappa shape index (κ2) is 3.66. The van der Waals surface area contributed by atoms with Crippen LogP contribution in [0.25, 0.3) is 5.70 Å². The fourth-order valence-corrected chi connectivity index (χ4v) is 1.23. The van der Waals surface area contributed by atoms with E-state index in [4.69, 9.17) is 5.84 Å². The Morgan fingerprint density at radius 3 is 2.73 bits per heavy atom. The Kier molecular flexibility index (Phi) is 2.34. The summed E-state index contributed by atoms with van der Waals surface area (Å²) in [5, 5.41) is 4.77. The van der Waals surface area contributed by atoms with Crippen molar-refractivity contribution in [3.05, 3.63) is 41.5 Å². The average Bonchev–Trinajstić information content (AvgIpc) is 2.23. The van der Waals surface area contributed by atoms with Gasteiger partial charge in [-0.15, -0.1) is 0 Å². The van der Waals surface area contributed by atoms with Gasteiger partial charge in [-0.25, -0.2) is 25.3 Å². The van der Waals surface area contributed by atoms with E-state index in [1.165, 1.54) is 12.3 Å². The fraction of sp³-hybridized carbons (Fsp3) is 0. The van der Waals surface area contributed by atoms with Crippen molar-refractivity contribution in [2.75, 3.05) is 0 Å². The van der Waals surface area contributed by atoms with Gasteiger partial charge in [0.05, 0.1) is 11.9 Å². The molecule has 0 atom stereocenters. The molecule has 1 aliphatic heterocycles. The van der Waals surface area contributed by atoms with Crippen LogP contribution in [0.2, 0.25) is 0 Å². The first kappa shape index (κ1) is 9.60. The van der Waals surface area contributed by atoms with E-state index in [0.29, 0.717) is 11.3 Å². The summed E-state index contributed by atoms with van der Waals surface area (Å²) in [7, 11) is 0. The van der Waals surface area contributed by atoms with Gasteiger partial charge in [0.25, 0.3) is 0 Å². The molecule has 0 bridgehead atoms. The van der Waals surface area contributed by atoms with Gasteiger partial charge in [-0.05, 0) is 24.3 Å². The van der Waals surface area contributed by atoms with Gasteiger partial charge in [-0.3, -0.25) is 0 Å². The zero-order valence-electron chi connectivity index (χ0n) is 7.61. The van der Waals surface area contributed by atoms with Crippen molar-refractivity contribution >= 4 is 11.9 Å². The van der Waals surface area contributed by atoms with Crippen LogP contribution in [0, 0.1) is 11.6 Å². The Labute approximate surface area is 84.6 Å². The second-order valence-corrected chi connectivity index (χ2v) is 2.93. The minimum atomic E-state index is -0.913. The van der Waals surface area contributed by atoms with Gasteiger partial charge in [-0.1, -0.05) is 0 Å². The maximum absolute atomic E-state index is 12.9. The third kappa shape index (κ3) is 1.79. The van der Waals surface area contributed by atoms with E-state index in [-0.39, 0.29) is 0 Å². The molecule has 1 aliphatic rings. The highest BCUT2D eigenvalue weighted by Crippen LogP contribution is 2.18. The largest absolute Gasteiger partial charge is 0.227 e. The van der Waals surface area contributed by atoms with Gasteiger partial charge in [0.15, 0.2) is 11.6 Å². The molecule has 1 heterocycles. The molecule has 1 aromatic carbocycles. The lowest BCUT2D eigenvalue weighted by atomic mass is 10.1. The summed E-state index contributed by atoms with van der Waals surface area (Å²) in [4.78, 5) is 0. The molecular formula is C9H8F2N4. The summed E-state index contributed by atoms with van der Waals surface area (Å²) in [6.45, 7) is 0. The quantitative estimate of drug-likeness (QED) is 0.679. The molecule has 6 heteroatoms. The van der Waals surface area contributed by atoms with E-state index in [0.717, 1.165) is 17.3 Å². The zero-order chi connectivity index (χ0) is 10.8. The van der Waals surface area contributed by atoms with Crippen molar-refractivity contribution in [1.29, 1.82) is 0 Å². The van der Waals surface area contributed by atoms with Gasteiger partial charge >= 0.3 is 0 Å². The van der Waals surface area contributed by atoms with Crippen molar-refractivity contribution in [3.63, 3.8) is 0 Å². The Bertz CT molecular complexity index is 442. The molecule has 0 radical (unpaired) electrons. The van der Waals surface area contributed by atoms with Crippen LogP contribution in [0.5, 0.6) is 0 Å². The number of nitrogens with one attached hydrogen (secondary N) is 1. The monoisotopic (exact) mass is 210 g/mol. The minimum absolute atomic E-state index is 0.468. The van der Waals surface area contributed by atoms with Crippen LogP contribution < -0.4 is 11.4 Å². The molecule has 0 saturated heterocycles. The van der Waals surface area contributed by atoms with Crippen LogP contribution in [0.1, 0.15) is 5.56 Å². The SMILES string of the molecule is NN1NN=CC=C1c1ccc(F)c(F)c1. The summed E-state index contributed by atoms with van der Waals surface area (Å²) in [6, 6.07) is 3.55. The third-order valence-corrected chi connectivity index (χ3v) is 1.95. The molecular weight excluding hydrogens is 202 g/mol. The van der Waals surface area contributed by atoms with Crippen molar-refractivity contribution in [2.24, 2.45) is 10.9 Å². The lowest BCUT2D eigenvalue weighted by molar-refractivity contribution is 0.304. The Hall–Kier alpha value is -1.95. The number of allylic oxidation sites excluding steroid dienone is 1. The fourth-order valence-electron chi connectivity index (χ4n) is 1.23. The predicted molar refractivity (Wildman–Crippen MR) is 52.0 cm³/mol. The van der Waals surface area contributed by atoms with Crippen molar-refractivity contribution in [1.82, 2.24) is 10.7 Å².